The van der Waals surface area contributed by atoms with Crippen LogP contribution in [0.25, 0.3) is 5.69 Å². The summed E-state index contributed by atoms with van der Waals surface area (Å²) in [5.74, 6) is 0.624. The lowest BCUT2D eigenvalue weighted by molar-refractivity contribution is 0.599. The minimum Gasteiger partial charge on any atom is -0.280 e. The highest BCUT2D eigenvalue weighted by Crippen LogP contribution is 2.29. The zero-order valence-corrected chi connectivity index (χ0v) is 17.1. The molecule has 0 bridgehead atoms. The van der Waals surface area contributed by atoms with Gasteiger partial charge in [0.05, 0.1) is 16.3 Å². The first-order chi connectivity index (χ1) is 12.6. The Hall–Kier alpha value is -2.74. The Balaban J connectivity index is 2.07. The minimum absolute atomic E-state index is 0.334. The summed E-state index contributed by atoms with van der Waals surface area (Å²) in [6.07, 6.45) is 0. The Kier molecular flexibility index (Phi) is 4.77. The molecule has 0 amide bonds. The van der Waals surface area contributed by atoms with Crippen molar-refractivity contribution in [3.05, 3.63) is 57.9 Å². The number of nitrogens with zero attached hydrogens (tertiary/aromatic N) is 4. The Morgan fingerprint density at radius 1 is 0.889 bits per heavy atom. The maximum atomic E-state index is 13.1. The molecule has 1 heterocycles. The van der Waals surface area contributed by atoms with Gasteiger partial charge in [-0.1, -0.05) is 12.1 Å². The van der Waals surface area contributed by atoms with Crippen LogP contribution >= 0.6 is 0 Å². The van der Waals surface area contributed by atoms with E-state index in [-0.39, 0.29) is 0 Å². The predicted molar refractivity (Wildman–Crippen MR) is 105 cm³/mol. The summed E-state index contributed by atoms with van der Waals surface area (Å²) in [5, 5.41) is 11.5. The molecule has 0 aliphatic heterocycles. The van der Waals surface area contributed by atoms with Gasteiger partial charge in [-0.3, -0.25) is 4.72 Å². The zero-order valence-electron chi connectivity index (χ0n) is 16.3. The van der Waals surface area contributed by atoms with Gasteiger partial charge in [-0.15, -0.1) is 5.10 Å². The number of rotatable bonds is 4. The highest BCUT2D eigenvalue weighted by atomic mass is 32.2. The maximum Gasteiger partial charge on any atom is 0.262 e. The van der Waals surface area contributed by atoms with E-state index in [2.05, 4.69) is 20.2 Å². The second-order valence-electron chi connectivity index (χ2n) is 6.83. The lowest BCUT2D eigenvalue weighted by atomic mass is 10.0. The number of sulfonamides is 1. The van der Waals surface area contributed by atoms with Crippen LogP contribution in [-0.2, 0) is 10.0 Å². The number of aryl methyl sites for hydroxylation is 4. The number of tetrazole rings is 1. The first-order valence-corrected chi connectivity index (χ1v) is 10.1. The van der Waals surface area contributed by atoms with E-state index in [1.807, 2.05) is 46.8 Å². The molecular formula is C19H23N5O2S. The first-order valence-electron chi connectivity index (χ1n) is 8.58. The average molecular weight is 385 g/mol. The first kappa shape index (κ1) is 19.0. The smallest absolute Gasteiger partial charge is 0.262 e. The molecule has 3 aromatic rings. The molecule has 0 saturated carbocycles. The molecule has 1 aromatic heterocycles. The minimum atomic E-state index is -3.74. The molecule has 2 aromatic carbocycles. The molecule has 27 heavy (non-hydrogen) atoms. The van der Waals surface area contributed by atoms with Gasteiger partial charge in [0.2, 0.25) is 0 Å². The van der Waals surface area contributed by atoms with Crippen molar-refractivity contribution in [2.24, 2.45) is 0 Å². The van der Waals surface area contributed by atoms with Gasteiger partial charge in [0.25, 0.3) is 10.0 Å². The topological polar surface area (TPSA) is 89.8 Å². The molecule has 8 heteroatoms. The van der Waals surface area contributed by atoms with Crippen molar-refractivity contribution >= 4 is 15.7 Å². The molecule has 0 radical (unpaired) electrons. The van der Waals surface area contributed by atoms with Crippen LogP contribution in [0.5, 0.6) is 0 Å². The highest BCUT2D eigenvalue weighted by Gasteiger charge is 2.22. The lowest BCUT2D eigenvalue weighted by Gasteiger charge is -2.17. The molecule has 0 unspecified atom stereocenters. The Bertz CT molecular complexity index is 1110. The molecule has 0 aliphatic rings. The van der Waals surface area contributed by atoms with Gasteiger partial charge in [-0.2, -0.15) is 4.68 Å². The number of hydrogen-bond donors (Lipinski definition) is 1. The van der Waals surface area contributed by atoms with E-state index in [0.717, 1.165) is 33.5 Å². The molecule has 142 valence electrons. The number of anilines is 1. The van der Waals surface area contributed by atoms with Crippen molar-refractivity contribution in [1.29, 1.82) is 0 Å². The Labute approximate surface area is 159 Å². The number of hydrogen-bond acceptors (Lipinski definition) is 5. The van der Waals surface area contributed by atoms with Gasteiger partial charge >= 0.3 is 0 Å². The van der Waals surface area contributed by atoms with E-state index in [1.165, 1.54) is 0 Å². The van der Waals surface area contributed by atoms with Gasteiger partial charge in [0, 0.05) is 0 Å². The molecule has 0 spiro atoms. The van der Waals surface area contributed by atoms with Crippen LogP contribution in [0.15, 0.2) is 29.2 Å². The van der Waals surface area contributed by atoms with Crippen LogP contribution in [0.4, 0.5) is 5.69 Å². The second kappa shape index (κ2) is 6.77. The van der Waals surface area contributed by atoms with Crippen LogP contribution in [0, 0.1) is 41.5 Å². The molecule has 0 saturated heterocycles. The normalized spacial score (nSPS) is 11.6. The van der Waals surface area contributed by atoms with Crippen molar-refractivity contribution in [2.75, 3.05) is 4.72 Å². The summed E-state index contributed by atoms with van der Waals surface area (Å²) in [5.41, 5.74) is 5.55. The Morgan fingerprint density at radius 2 is 1.52 bits per heavy atom. The largest absolute Gasteiger partial charge is 0.280 e. The van der Waals surface area contributed by atoms with Crippen molar-refractivity contribution in [3.63, 3.8) is 0 Å². The van der Waals surface area contributed by atoms with Crippen molar-refractivity contribution < 1.29 is 8.42 Å². The summed E-state index contributed by atoms with van der Waals surface area (Å²) in [4.78, 5) is 0.334. The summed E-state index contributed by atoms with van der Waals surface area (Å²) < 4.78 is 30.6. The third kappa shape index (κ3) is 3.44. The number of nitrogens with one attached hydrogen (secondary N) is 1. The number of benzene rings is 2. The molecule has 1 N–H and O–H groups in total. The lowest BCUT2D eigenvalue weighted by Crippen LogP contribution is -2.17. The molecular weight excluding hydrogens is 362 g/mol. The second-order valence-corrected chi connectivity index (χ2v) is 8.45. The van der Waals surface area contributed by atoms with E-state index in [0.29, 0.717) is 16.4 Å². The van der Waals surface area contributed by atoms with Gasteiger partial charge < -0.3 is 0 Å². The van der Waals surface area contributed by atoms with E-state index < -0.39 is 10.0 Å². The SMILES string of the molecule is Cc1ccc(NS(=O)(=O)c2c(C)c(C)cc(C)c2C)cc1-n1nnnc1C. The zero-order chi connectivity index (χ0) is 19.9. The Morgan fingerprint density at radius 3 is 2.07 bits per heavy atom. The van der Waals surface area contributed by atoms with Gasteiger partial charge in [0.1, 0.15) is 0 Å². The van der Waals surface area contributed by atoms with Crippen LogP contribution in [0.3, 0.4) is 0 Å². The summed E-state index contributed by atoms with van der Waals surface area (Å²) >= 11 is 0. The monoisotopic (exact) mass is 385 g/mol. The van der Waals surface area contributed by atoms with Gasteiger partial charge in [-0.25, -0.2) is 8.42 Å². The summed E-state index contributed by atoms with van der Waals surface area (Å²) in [6.45, 7) is 11.2. The van der Waals surface area contributed by atoms with Crippen LogP contribution in [0.1, 0.15) is 33.6 Å². The summed E-state index contributed by atoms with van der Waals surface area (Å²) in [7, 11) is -3.74. The van der Waals surface area contributed by atoms with E-state index >= 15 is 0 Å². The fourth-order valence-corrected chi connectivity index (χ4v) is 4.81. The fraction of sp³-hybridized carbons (Fsp3) is 0.316. The van der Waals surface area contributed by atoms with Crippen molar-refractivity contribution in [2.45, 2.75) is 46.4 Å². The van der Waals surface area contributed by atoms with E-state index in [9.17, 15) is 8.42 Å². The number of aromatic nitrogens is 4. The predicted octanol–water partition coefficient (Wildman–Crippen LogP) is 3.31. The van der Waals surface area contributed by atoms with Crippen LogP contribution < -0.4 is 4.72 Å². The quantitative estimate of drug-likeness (QED) is 0.744. The van der Waals surface area contributed by atoms with Crippen molar-refractivity contribution in [1.82, 2.24) is 20.2 Å². The van der Waals surface area contributed by atoms with Crippen molar-refractivity contribution in [3.8, 4) is 5.69 Å². The summed E-state index contributed by atoms with van der Waals surface area (Å²) in [6, 6.07) is 7.33. The van der Waals surface area contributed by atoms with Gasteiger partial charge in [0.15, 0.2) is 5.82 Å². The fourth-order valence-electron chi connectivity index (χ4n) is 3.15. The van der Waals surface area contributed by atoms with Crippen LogP contribution in [0.2, 0.25) is 0 Å². The average Bonchev–Trinajstić information content (AvgIpc) is 3.00. The standard InChI is InChI=1S/C19H23N5O2S/c1-11-7-8-17(10-18(11)24-16(6)20-22-23-24)21-27(25,26)19-14(4)12(2)9-13(3)15(19)5/h7-10,21H,1-6H3. The van der Waals surface area contributed by atoms with Crippen LogP contribution in [-0.4, -0.2) is 28.6 Å². The molecule has 3 rings (SSSR count). The highest BCUT2D eigenvalue weighted by molar-refractivity contribution is 7.92. The van der Waals surface area contributed by atoms with E-state index in [1.54, 1.807) is 23.7 Å². The maximum absolute atomic E-state index is 13.1. The third-order valence-corrected chi connectivity index (χ3v) is 6.54. The van der Waals surface area contributed by atoms with E-state index in [4.69, 9.17) is 0 Å². The third-order valence-electron chi connectivity index (χ3n) is 4.88. The van der Waals surface area contributed by atoms with Gasteiger partial charge in [-0.05, 0) is 91.9 Å². The molecule has 7 nitrogen and oxygen atoms in total. The molecule has 0 fully saturated rings. The molecule has 0 atom stereocenters. The molecule has 0 aliphatic carbocycles.